The molecule has 0 aliphatic heterocycles. The van der Waals surface area contributed by atoms with E-state index in [1.807, 2.05) is 24.3 Å². The van der Waals surface area contributed by atoms with Gasteiger partial charge in [-0.1, -0.05) is 64.2 Å². The molecule has 0 saturated heterocycles. The Labute approximate surface area is 163 Å². The van der Waals surface area contributed by atoms with E-state index in [2.05, 4.69) is 13.5 Å². The number of ether oxygens (including phenoxy) is 3. The molecule has 0 aliphatic rings. The molecule has 1 atom stereocenters. The number of hydrogen-bond acceptors (Lipinski definition) is 5. The maximum Gasteiger partial charge on any atom is 0.333 e. The summed E-state index contributed by atoms with van der Waals surface area (Å²) in [6, 6.07) is 7.81. The van der Waals surface area contributed by atoms with E-state index in [-0.39, 0.29) is 19.8 Å². The minimum atomic E-state index is -0.879. The predicted molar refractivity (Wildman–Crippen MR) is 107 cm³/mol. The van der Waals surface area contributed by atoms with Crippen LogP contribution in [0, 0.1) is 0 Å². The number of aryl methyl sites for hydroxylation is 1. The maximum atomic E-state index is 11.4. The van der Waals surface area contributed by atoms with Crippen LogP contribution in [-0.2, 0) is 20.7 Å². The van der Waals surface area contributed by atoms with Gasteiger partial charge in [0.2, 0.25) is 0 Å². The second-order valence-electron chi connectivity index (χ2n) is 6.50. The lowest BCUT2D eigenvalue weighted by Crippen LogP contribution is -2.29. The van der Waals surface area contributed by atoms with Crippen LogP contribution >= 0.6 is 0 Å². The van der Waals surface area contributed by atoms with Crippen molar-refractivity contribution >= 4 is 5.97 Å². The molecule has 5 nitrogen and oxygen atoms in total. The fraction of sp³-hybridized carbons (Fsp3) is 0.591. The van der Waals surface area contributed by atoms with Crippen molar-refractivity contribution in [2.75, 3.05) is 19.8 Å². The van der Waals surface area contributed by atoms with Crippen LogP contribution in [0.5, 0.6) is 5.75 Å². The summed E-state index contributed by atoms with van der Waals surface area (Å²) in [5.41, 5.74) is 1.27. The van der Waals surface area contributed by atoms with Crippen LogP contribution in [0.15, 0.2) is 36.9 Å². The lowest BCUT2D eigenvalue weighted by Gasteiger charge is -2.18. The summed E-state index contributed by atoms with van der Waals surface area (Å²) in [5, 5.41) is 8.78. The summed E-state index contributed by atoms with van der Waals surface area (Å²) in [5.74, 6) is 0.0240. The van der Waals surface area contributed by atoms with E-state index < -0.39 is 12.3 Å². The van der Waals surface area contributed by atoms with Crippen LogP contribution in [0.25, 0.3) is 0 Å². The van der Waals surface area contributed by atoms with Crippen LogP contribution in [0.4, 0.5) is 0 Å². The molecule has 0 aromatic heterocycles. The van der Waals surface area contributed by atoms with Crippen LogP contribution in [0.3, 0.4) is 0 Å². The fourth-order valence-corrected chi connectivity index (χ4v) is 2.69. The smallest absolute Gasteiger partial charge is 0.333 e. The summed E-state index contributed by atoms with van der Waals surface area (Å²) in [4.78, 5) is 11.4. The van der Waals surface area contributed by atoms with E-state index in [4.69, 9.17) is 19.3 Å². The third kappa shape index (κ3) is 11.5. The van der Waals surface area contributed by atoms with Gasteiger partial charge in [-0.2, -0.15) is 0 Å². The summed E-state index contributed by atoms with van der Waals surface area (Å²) in [7, 11) is 0. The van der Waals surface area contributed by atoms with Crippen LogP contribution in [0.2, 0.25) is 0 Å². The molecule has 1 aromatic rings. The molecule has 5 heteroatoms. The molecule has 0 radical (unpaired) electrons. The van der Waals surface area contributed by atoms with E-state index in [1.54, 1.807) is 0 Å². The average molecular weight is 379 g/mol. The maximum absolute atomic E-state index is 11.4. The lowest BCUT2D eigenvalue weighted by molar-refractivity contribution is -0.166. The molecule has 0 spiro atoms. The van der Waals surface area contributed by atoms with Crippen LogP contribution in [-0.4, -0.2) is 37.2 Å². The number of carbonyl (C=O) groups is 1. The first-order valence-corrected chi connectivity index (χ1v) is 9.96. The highest BCUT2D eigenvalue weighted by atomic mass is 16.7. The van der Waals surface area contributed by atoms with Gasteiger partial charge in [-0.25, -0.2) is 4.79 Å². The zero-order chi connectivity index (χ0) is 19.7. The summed E-state index contributed by atoms with van der Waals surface area (Å²) < 4.78 is 16.0. The Bertz CT molecular complexity index is 512. The molecule has 1 unspecified atom stereocenters. The van der Waals surface area contributed by atoms with Crippen LogP contribution in [0.1, 0.15) is 57.4 Å². The minimum absolute atomic E-state index is 0.0416. The molecule has 1 N–H and O–H groups in total. The number of aliphatic hydroxyl groups excluding tert-OH is 1. The van der Waals surface area contributed by atoms with Crippen molar-refractivity contribution in [1.29, 1.82) is 0 Å². The van der Waals surface area contributed by atoms with Crippen molar-refractivity contribution in [2.24, 2.45) is 0 Å². The third-order valence-electron chi connectivity index (χ3n) is 4.16. The first-order valence-electron chi connectivity index (χ1n) is 9.96. The van der Waals surface area contributed by atoms with E-state index >= 15 is 0 Å². The van der Waals surface area contributed by atoms with Crippen molar-refractivity contribution in [3.05, 3.63) is 42.5 Å². The Morgan fingerprint density at radius 1 is 1.11 bits per heavy atom. The molecular weight excluding hydrogens is 344 g/mol. The van der Waals surface area contributed by atoms with Crippen molar-refractivity contribution in [3.63, 3.8) is 0 Å². The second kappa shape index (κ2) is 15.2. The first kappa shape index (κ1) is 23.2. The number of aliphatic hydroxyl groups is 1. The van der Waals surface area contributed by atoms with E-state index in [0.717, 1.165) is 12.5 Å². The monoisotopic (exact) mass is 378 g/mol. The van der Waals surface area contributed by atoms with Crippen molar-refractivity contribution in [3.8, 4) is 5.75 Å². The number of benzene rings is 1. The largest absolute Gasteiger partial charge is 0.452 e. The zero-order valence-electron chi connectivity index (χ0n) is 16.5. The first-order chi connectivity index (χ1) is 13.2. The van der Waals surface area contributed by atoms with E-state index in [1.165, 1.54) is 50.5 Å². The van der Waals surface area contributed by atoms with Gasteiger partial charge >= 0.3 is 5.97 Å². The van der Waals surface area contributed by atoms with E-state index in [9.17, 15) is 4.79 Å². The van der Waals surface area contributed by atoms with Gasteiger partial charge in [0.05, 0.1) is 13.2 Å². The van der Waals surface area contributed by atoms with Gasteiger partial charge in [-0.3, -0.25) is 0 Å². The molecule has 0 fully saturated rings. The number of unbranched alkanes of at least 4 members (excludes halogenated alkanes) is 6. The van der Waals surface area contributed by atoms with Gasteiger partial charge in [0, 0.05) is 6.08 Å². The zero-order valence-corrected chi connectivity index (χ0v) is 16.5. The highest BCUT2D eigenvalue weighted by Gasteiger charge is 2.15. The molecule has 152 valence electrons. The van der Waals surface area contributed by atoms with Crippen molar-refractivity contribution < 1.29 is 24.1 Å². The topological polar surface area (TPSA) is 65.0 Å². The SMILES string of the molecule is C=CC(=O)OC(COCCO)Oc1ccc(CCCCCCCCC)cc1. The van der Waals surface area contributed by atoms with Gasteiger partial charge in [0.1, 0.15) is 12.4 Å². The summed E-state index contributed by atoms with van der Waals surface area (Å²) in [6.45, 7) is 5.71. The molecule has 0 heterocycles. The normalized spacial score (nSPS) is 11.8. The third-order valence-corrected chi connectivity index (χ3v) is 4.16. The van der Waals surface area contributed by atoms with Gasteiger partial charge in [0.25, 0.3) is 6.29 Å². The summed E-state index contributed by atoms with van der Waals surface area (Å²) in [6.07, 6.45) is 10.3. The molecule has 0 saturated carbocycles. The molecule has 1 aromatic carbocycles. The standard InChI is InChI=1S/C22H34O5/c1-3-5-6-7-8-9-10-11-19-12-14-20(15-13-19)26-22(18-25-17-16-23)27-21(24)4-2/h4,12-15,22-23H,2-3,5-11,16-18H2,1H3. The molecule has 27 heavy (non-hydrogen) atoms. The quantitative estimate of drug-likeness (QED) is 0.200. The summed E-state index contributed by atoms with van der Waals surface area (Å²) >= 11 is 0. The Hall–Kier alpha value is -1.85. The number of esters is 1. The molecule has 0 bridgehead atoms. The van der Waals surface area contributed by atoms with Crippen molar-refractivity contribution in [2.45, 2.75) is 64.6 Å². The van der Waals surface area contributed by atoms with Crippen molar-refractivity contribution in [1.82, 2.24) is 0 Å². The molecular formula is C22H34O5. The Kier molecular flexibility index (Phi) is 13.1. The van der Waals surface area contributed by atoms with E-state index in [0.29, 0.717) is 5.75 Å². The Morgan fingerprint density at radius 3 is 2.41 bits per heavy atom. The van der Waals surface area contributed by atoms with Gasteiger partial charge < -0.3 is 19.3 Å². The predicted octanol–water partition coefficient (Wildman–Crippen LogP) is 4.42. The highest BCUT2D eigenvalue weighted by molar-refractivity contribution is 5.81. The minimum Gasteiger partial charge on any atom is -0.452 e. The lowest BCUT2D eigenvalue weighted by atomic mass is 10.0. The second-order valence-corrected chi connectivity index (χ2v) is 6.50. The highest BCUT2D eigenvalue weighted by Crippen LogP contribution is 2.17. The van der Waals surface area contributed by atoms with Gasteiger partial charge in [-0.15, -0.1) is 0 Å². The Morgan fingerprint density at radius 2 is 1.78 bits per heavy atom. The number of carbonyl (C=O) groups excluding carboxylic acids is 1. The molecule has 0 aliphatic carbocycles. The van der Waals surface area contributed by atoms with Gasteiger partial charge in [0.15, 0.2) is 0 Å². The average Bonchev–Trinajstić information content (AvgIpc) is 2.68. The van der Waals surface area contributed by atoms with Gasteiger partial charge in [-0.05, 0) is 30.5 Å². The number of rotatable bonds is 16. The molecule has 0 amide bonds. The number of hydrogen-bond donors (Lipinski definition) is 1. The molecule has 1 rings (SSSR count). The Balaban J connectivity index is 2.38. The fourth-order valence-electron chi connectivity index (χ4n) is 2.69. The van der Waals surface area contributed by atoms with Crippen LogP contribution < -0.4 is 4.74 Å².